The van der Waals surface area contributed by atoms with Crippen molar-refractivity contribution in [2.24, 2.45) is 12.2 Å². The highest BCUT2D eigenvalue weighted by Gasteiger charge is 2.13. The smallest absolute Gasteiger partial charge is 0.255 e. The van der Waals surface area contributed by atoms with Gasteiger partial charge < -0.3 is 4.57 Å². The molecule has 15 heavy (non-hydrogen) atoms. The van der Waals surface area contributed by atoms with Gasteiger partial charge in [-0.1, -0.05) is 0 Å². The van der Waals surface area contributed by atoms with Gasteiger partial charge in [-0.3, -0.25) is 0 Å². The summed E-state index contributed by atoms with van der Waals surface area (Å²) in [6.07, 6.45) is 1.85. The minimum Gasteiger partial charge on any atom is -0.350 e. The van der Waals surface area contributed by atoms with E-state index >= 15 is 0 Å². The van der Waals surface area contributed by atoms with Gasteiger partial charge >= 0.3 is 0 Å². The van der Waals surface area contributed by atoms with Crippen molar-refractivity contribution in [1.29, 1.82) is 0 Å². The van der Waals surface area contributed by atoms with Gasteiger partial charge in [0.2, 0.25) is 0 Å². The number of hydrogen-bond donors (Lipinski definition) is 1. The molecule has 0 aliphatic rings. The van der Waals surface area contributed by atoms with Gasteiger partial charge in [0.05, 0.1) is 5.52 Å². The van der Waals surface area contributed by atoms with Gasteiger partial charge in [0, 0.05) is 30.4 Å². The average Bonchev–Trinajstić information content (AvgIpc) is 2.47. The van der Waals surface area contributed by atoms with Gasteiger partial charge in [-0.05, 0) is 13.0 Å². The third-order valence-electron chi connectivity index (χ3n) is 2.34. The monoisotopic (exact) mass is 225 g/mol. The Morgan fingerprint density at radius 3 is 2.73 bits per heavy atom. The van der Waals surface area contributed by atoms with Gasteiger partial charge in [0.25, 0.3) is 10.0 Å². The molecule has 0 fully saturated rings. The second-order valence-corrected chi connectivity index (χ2v) is 4.96. The lowest BCUT2D eigenvalue weighted by Gasteiger charge is -2.02. The zero-order chi connectivity index (χ0) is 11.2. The van der Waals surface area contributed by atoms with Crippen LogP contribution in [0, 0.1) is 6.92 Å². The predicted octanol–water partition coefficient (Wildman–Crippen LogP) is 0.529. The van der Waals surface area contributed by atoms with E-state index in [9.17, 15) is 8.42 Å². The molecule has 0 spiro atoms. The lowest BCUT2D eigenvalue weighted by molar-refractivity contribution is 0.594. The summed E-state index contributed by atoms with van der Waals surface area (Å²) in [5.41, 5.74) is 1.48. The maximum absolute atomic E-state index is 11.2. The lowest BCUT2D eigenvalue weighted by atomic mass is 10.2. The molecule has 0 aromatic carbocycles. The zero-order valence-corrected chi connectivity index (χ0v) is 9.25. The lowest BCUT2D eigenvalue weighted by Crippen LogP contribution is -2.14. The number of pyridine rings is 1. The van der Waals surface area contributed by atoms with E-state index < -0.39 is 10.0 Å². The van der Waals surface area contributed by atoms with Crippen molar-refractivity contribution in [3.05, 3.63) is 24.0 Å². The van der Waals surface area contributed by atoms with Gasteiger partial charge in [-0.15, -0.1) is 0 Å². The highest BCUT2D eigenvalue weighted by molar-refractivity contribution is 7.89. The molecule has 2 heterocycles. The summed E-state index contributed by atoms with van der Waals surface area (Å²) in [5, 5.41) is 5.88. The highest BCUT2D eigenvalue weighted by Crippen LogP contribution is 2.20. The third-order valence-corrected chi connectivity index (χ3v) is 3.13. The quantitative estimate of drug-likeness (QED) is 0.769. The zero-order valence-electron chi connectivity index (χ0n) is 8.43. The van der Waals surface area contributed by atoms with E-state index in [1.54, 1.807) is 6.92 Å². The molecule has 0 bridgehead atoms. The first-order chi connectivity index (χ1) is 6.89. The number of rotatable bonds is 1. The molecule has 0 unspecified atom stereocenters. The number of primary sulfonamides is 1. The summed E-state index contributed by atoms with van der Waals surface area (Å²) < 4.78 is 24.2. The Hall–Kier alpha value is -1.40. The number of sulfonamides is 1. The van der Waals surface area contributed by atoms with Crippen molar-refractivity contribution in [3.8, 4) is 0 Å². The van der Waals surface area contributed by atoms with Crippen LogP contribution in [0.3, 0.4) is 0 Å². The Bertz CT molecular complexity index is 628. The molecular weight excluding hydrogens is 214 g/mol. The van der Waals surface area contributed by atoms with Crippen molar-refractivity contribution >= 4 is 20.9 Å². The van der Waals surface area contributed by atoms with Crippen LogP contribution in [0.1, 0.15) is 5.69 Å². The van der Waals surface area contributed by atoms with E-state index in [0.29, 0.717) is 5.69 Å². The summed E-state index contributed by atoms with van der Waals surface area (Å²) in [5.74, 6) is 0. The average molecular weight is 225 g/mol. The van der Waals surface area contributed by atoms with Gasteiger partial charge in [0.15, 0.2) is 5.03 Å². The van der Waals surface area contributed by atoms with Crippen LogP contribution in [0.4, 0.5) is 0 Å². The van der Waals surface area contributed by atoms with Crippen LogP contribution in [0.25, 0.3) is 10.9 Å². The number of fused-ring (bicyclic) bond motifs is 1. The van der Waals surface area contributed by atoms with Crippen LogP contribution < -0.4 is 5.14 Å². The van der Waals surface area contributed by atoms with E-state index in [1.165, 1.54) is 6.07 Å². The van der Waals surface area contributed by atoms with Crippen molar-refractivity contribution in [1.82, 2.24) is 9.55 Å². The molecule has 5 nitrogen and oxygen atoms in total. The maximum Gasteiger partial charge on any atom is 0.255 e. The Balaban J connectivity index is 2.88. The topological polar surface area (TPSA) is 78.0 Å². The largest absolute Gasteiger partial charge is 0.350 e. The maximum atomic E-state index is 11.2. The Labute approximate surface area is 87.6 Å². The fourth-order valence-corrected chi connectivity index (χ4v) is 2.09. The minimum atomic E-state index is -3.74. The first-order valence-electron chi connectivity index (χ1n) is 4.35. The molecule has 0 saturated carbocycles. The minimum absolute atomic E-state index is 0.0886. The van der Waals surface area contributed by atoms with Crippen molar-refractivity contribution in [3.63, 3.8) is 0 Å². The number of nitrogens with two attached hydrogens (primary N) is 1. The van der Waals surface area contributed by atoms with Gasteiger partial charge in [-0.25, -0.2) is 18.5 Å². The summed E-state index contributed by atoms with van der Waals surface area (Å²) in [6.45, 7) is 1.76. The van der Waals surface area contributed by atoms with Crippen LogP contribution in [-0.2, 0) is 17.1 Å². The number of aromatic nitrogens is 2. The molecule has 0 amide bonds. The summed E-state index contributed by atoms with van der Waals surface area (Å²) in [4.78, 5) is 3.96. The number of hydrogen-bond acceptors (Lipinski definition) is 3. The van der Waals surface area contributed by atoms with Crippen molar-refractivity contribution in [2.45, 2.75) is 11.9 Å². The molecule has 0 aliphatic carbocycles. The fraction of sp³-hybridized carbons (Fsp3) is 0.222. The molecule has 0 atom stereocenters. The Kier molecular flexibility index (Phi) is 2.06. The number of nitrogens with zero attached hydrogens (tertiary/aromatic N) is 2. The Morgan fingerprint density at radius 1 is 1.47 bits per heavy atom. The SMILES string of the molecule is Cc1nc(S(N)(=O)=O)cc2c1ccn2C. The van der Waals surface area contributed by atoms with Crippen molar-refractivity contribution in [2.75, 3.05) is 0 Å². The second-order valence-electron chi connectivity index (χ2n) is 3.45. The molecule has 2 N–H and O–H groups in total. The van der Waals surface area contributed by atoms with E-state index in [4.69, 9.17) is 5.14 Å². The van der Waals surface area contributed by atoms with Gasteiger partial charge in [0.1, 0.15) is 0 Å². The molecule has 0 aliphatic heterocycles. The Morgan fingerprint density at radius 2 is 2.13 bits per heavy atom. The van der Waals surface area contributed by atoms with Crippen LogP contribution in [0.15, 0.2) is 23.4 Å². The normalized spacial score (nSPS) is 12.2. The van der Waals surface area contributed by atoms with Crippen LogP contribution in [0.5, 0.6) is 0 Å². The van der Waals surface area contributed by atoms with E-state index in [1.807, 2.05) is 23.9 Å². The highest BCUT2D eigenvalue weighted by atomic mass is 32.2. The standard InChI is InChI=1S/C9H11N3O2S/c1-6-7-3-4-12(2)8(7)5-9(11-6)15(10,13)14/h3-5H,1-2H3,(H2,10,13,14). The first-order valence-corrected chi connectivity index (χ1v) is 5.90. The van der Waals surface area contributed by atoms with Gasteiger partial charge in [-0.2, -0.15) is 0 Å². The molecule has 80 valence electrons. The molecule has 6 heteroatoms. The number of aryl methyl sites for hydroxylation is 2. The molecule has 2 aromatic rings. The first kappa shape index (κ1) is 10.1. The van der Waals surface area contributed by atoms with Crippen LogP contribution >= 0.6 is 0 Å². The van der Waals surface area contributed by atoms with E-state index in [-0.39, 0.29) is 5.03 Å². The molecule has 2 rings (SSSR count). The molecule has 0 saturated heterocycles. The van der Waals surface area contributed by atoms with Crippen molar-refractivity contribution < 1.29 is 8.42 Å². The second kappa shape index (κ2) is 3.04. The summed E-state index contributed by atoms with van der Waals surface area (Å²) >= 11 is 0. The summed E-state index contributed by atoms with van der Waals surface area (Å²) in [7, 11) is -1.89. The molecule has 2 aromatic heterocycles. The third kappa shape index (κ3) is 1.62. The van der Waals surface area contributed by atoms with E-state index in [0.717, 1.165) is 10.9 Å². The van der Waals surface area contributed by atoms with Crippen LogP contribution in [0.2, 0.25) is 0 Å². The fourth-order valence-electron chi connectivity index (χ4n) is 1.55. The molecule has 0 radical (unpaired) electrons. The van der Waals surface area contributed by atoms with E-state index in [2.05, 4.69) is 4.98 Å². The predicted molar refractivity (Wildman–Crippen MR) is 56.8 cm³/mol. The molecular formula is C9H11N3O2S. The van der Waals surface area contributed by atoms with Crippen LogP contribution in [-0.4, -0.2) is 18.0 Å². The summed E-state index contributed by atoms with van der Waals surface area (Å²) in [6, 6.07) is 3.38.